The maximum atomic E-state index is 11.9. The van der Waals surface area contributed by atoms with E-state index in [9.17, 15) is 4.79 Å². The number of nitrogen functional groups attached to an aromatic ring is 1. The van der Waals surface area contributed by atoms with E-state index in [2.05, 4.69) is 9.97 Å². The minimum atomic E-state index is 0.207. The van der Waals surface area contributed by atoms with Gasteiger partial charge < -0.3 is 15.4 Å². The third kappa shape index (κ3) is 4.64. The quantitative estimate of drug-likeness (QED) is 0.498. The topological polar surface area (TPSA) is 81.3 Å². The van der Waals surface area contributed by atoms with Crippen LogP contribution in [0.25, 0.3) is 0 Å². The molecule has 1 amide bonds. The van der Waals surface area contributed by atoms with Crippen molar-refractivity contribution in [2.75, 3.05) is 37.8 Å². The fourth-order valence-electron chi connectivity index (χ4n) is 1.99. The molecule has 0 spiro atoms. The van der Waals surface area contributed by atoms with Crippen LogP contribution in [0.3, 0.4) is 0 Å². The number of rotatable bonds is 5. The Morgan fingerprint density at radius 3 is 2.90 bits per heavy atom. The second kappa shape index (κ2) is 7.44. The number of thioether (sulfide) groups is 1. The lowest BCUT2D eigenvalue weighted by Crippen LogP contribution is -2.40. The van der Waals surface area contributed by atoms with Gasteiger partial charge in [0, 0.05) is 37.0 Å². The normalized spacial score (nSPS) is 15.3. The van der Waals surface area contributed by atoms with E-state index >= 15 is 0 Å². The molecule has 1 fully saturated rings. The molecule has 110 valence electrons. The van der Waals surface area contributed by atoms with Gasteiger partial charge in [-0.2, -0.15) is 0 Å². The van der Waals surface area contributed by atoms with Crippen molar-refractivity contribution in [3.05, 3.63) is 11.8 Å². The van der Waals surface area contributed by atoms with Gasteiger partial charge in [-0.05, 0) is 13.3 Å². The van der Waals surface area contributed by atoms with Gasteiger partial charge in [-0.3, -0.25) is 4.79 Å². The molecule has 20 heavy (non-hydrogen) atoms. The Labute approximate surface area is 123 Å². The van der Waals surface area contributed by atoms with E-state index in [1.165, 1.54) is 11.8 Å². The Kier molecular flexibility index (Phi) is 5.60. The predicted molar refractivity (Wildman–Crippen MR) is 78.5 cm³/mol. The molecule has 1 aromatic rings. The Morgan fingerprint density at radius 1 is 1.45 bits per heavy atom. The van der Waals surface area contributed by atoms with Crippen molar-refractivity contribution in [2.24, 2.45) is 0 Å². The number of carbonyl (C=O) groups excluding carboxylic acids is 1. The minimum Gasteiger partial charge on any atom is -0.384 e. The van der Waals surface area contributed by atoms with E-state index in [-0.39, 0.29) is 5.91 Å². The molecule has 0 saturated carbocycles. The number of aryl methyl sites for hydroxylation is 1. The Hall–Kier alpha value is -1.34. The molecule has 0 unspecified atom stereocenters. The van der Waals surface area contributed by atoms with Crippen LogP contribution in [0.15, 0.2) is 11.2 Å². The van der Waals surface area contributed by atoms with Gasteiger partial charge >= 0.3 is 0 Å². The third-order valence-corrected chi connectivity index (χ3v) is 3.92. The first-order valence-electron chi connectivity index (χ1n) is 6.74. The number of anilines is 1. The van der Waals surface area contributed by atoms with Crippen LogP contribution in [0, 0.1) is 6.92 Å². The van der Waals surface area contributed by atoms with Crippen molar-refractivity contribution in [1.29, 1.82) is 0 Å². The van der Waals surface area contributed by atoms with Crippen LogP contribution in [-0.2, 0) is 9.53 Å². The first kappa shape index (κ1) is 15.1. The third-order valence-electron chi connectivity index (χ3n) is 2.98. The molecule has 2 heterocycles. The van der Waals surface area contributed by atoms with Gasteiger partial charge in [-0.1, -0.05) is 11.8 Å². The Morgan fingerprint density at radius 2 is 2.20 bits per heavy atom. The SMILES string of the molecule is Cc1cc(N)nc(SCCCC(=O)N2CCOCC2)n1. The molecular formula is C13H20N4O2S. The number of hydrogen-bond donors (Lipinski definition) is 1. The molecular weight excluding hydrogens is 276 g/mol. The summed E-state index contributed by atoms with van der Waals surface area (Å²) in [6.45, 7) is 4.62. The van der Waals surface area contributed by atoms with E-state index < -0.39 is 0 Å². The Balaban J connectivity index is 1.69. The number of hydrogen-bond acceptors (Lipinski definition) is 6. The highest BCUT2D eigenvalue weighted by molar-refractivity contribution is 7.99. The van der Waals surface area contributed by atoms with E-state index in [4.69, 9.17) is 10.5 Å². The van der Waals surface area contributed by atoms with Gasteiger partial charge in [0.1, 0.15) is 5.82 Å². The van der Waals surface area contributed by atoms with Crippen LogP contribution in [0.1, 0.15) is 18.5 Å². The van der Waals surface area contributed by atoms with Gasteiger partial charge in [0.15, 0.2) is 5.16 Å². The van der Waals surface area contributed by atoms with Gasteiger partial charge in [-0.25, -0.2) is 9.97 Å². The summed E-state index contributed by atoms with van der Waals surface area (Å²) < 4.78 is 5.23. The first-order chi connectivity index (χ1) is 9.65. The van der Waals surface area contributed by atoms with Crippen molar-refractivity contribution in [1.82, 2.24) is 14.9 Å². The summed E-state index contributed by atoms with van der Waals surface area (Å²) in [4.78, 5) is 22.3. The van der Waals surface area contributed by atoms with E-state index in [0.29, 0.717) is 43.7 Å². The van der Waals surface area contributed by atoms with E-state index in [0.717, 1.165) is 17.9 Å². The van der Waals surface area contributed by atoms with E-state index in [1.807, 2.05) is 11.8 Å². The lowest BCUT2D eigenvalue weighted by Gasteiger charge is -2.26. The summed E-state index contributed by atoms with van der Waals surface area (Å²) in [7, 11) is 0. The average molecular weight is 296 g/mol. The van der Waals surface area contributed by atoms with Gasteiger partial charge in [0.25, 0.3) is 0 Å². The maximum Gasteiger partial charge on any atom is 0.222 e. The van der Waals surface area contributed by atoms with Crippen LogP contribution in [0.2, 0.25) is 0 Å². The summed E-state index contributed by atoms with van der Waals surface area (Å²) in [6.07, 6.45) is 1.38. The van der Waals surface area contributed by atoms with Crippen molar-refractivity contribution < 1.29 is 9.53 Å². The van der Waals surface area contributed by atoms with Crippen LogP contribution in [-0.4, -0.2) is 52.8 Å². The zero-order chi connectivity index (χ0) is 14.4. The van der Waals surface area contributed by atoms with Gasteiger partial charge in [-0.15, -0.1) is 0 Å². The smallest absolute Gasteiger partial charge is 0.222 e. The molecule has 0 bridgehead atoms. The highest BCUT2D eigenvalue weighted by atomic mass is 32.2. The molecule has 1 aliphatic rings. The number of ether oxygens (including phenoxy) is 1. The van der Waals surface area contributed by atoms with Crippen molar-refractivity contribution >= 4 is 23.5 Å². The zero-order valence-corrected chi connectivity index (χ0v) is 12.5. The molecule has 0 aliphatic carbocycles. The highest BCUT2D eigenvalue weighted by Crippen LogP contribution is 2.17. The second-order valence-corrected chi connectivity index (χ2v) is 5.72. The number of morpholine rings is 1. The molecule has 0 radical (unpaired) electrons. The predicted octanol–water partition coefficient (Wildman–Crippen LogP) is 1.10. The number of nitrogens with two attached hydrogens (primary N) is 1. The molecule has 7 heteroatoms. The summed E-state index contributed by atoms with van der Waals surface area (Å²) in [5.41, 5.74) is 6.54. The standard InChI is InChI=1S/C13H20N4O2S/c1-10-9-11(14)16-13(15-10)20-8-2-3-12(18)17-4-6-19-7-5-17/h9H,2-8H2,1H3,(H2,14,15,16). The number of aromatic nitrogens is 2. The summed E-state index contributed by atoms with van der Waals surface area (Å²) in [5.74, 6) is 1.52. The fourth-order valence-corrected chi connectivity index (χ4v) is 2.84. The largest absolute Gasteiger partial charge is 0.384 e. The molecule has 1 aliphatic heterocycles. The second-order valence-electron chi connectivity index (χ2n) is 4.66. The lowest BCUT2D eigenvalue weighted by molar-refractivity contribution is -0.135. The molecule has 6 nitrogen and oxygen atoms in total. The van der Waals surface area contributed by atoms with Gasteiger partial charge in [0.05, 0.1) is 13.2 Å². The van der Waals surface area contributed by atoms with Crippen LogP contribution in [0.5, 0.6) is 0 Å². The van der Waals surface area contributed by atoms with Crippen LogP contribution in [0.4, 0.5) is 5.82 Å². The first-order valence-corrected chi connectivity index (χ1v) is 7.73. The summed E-state index contributed by atoms with van der Waals surface area (Å²) in [6, 6.07) is 1.74. The van der Waals surface area contributed by atoms with Gasteiger partial charge in [0.2, 0.25) is 5.91 Å². The summed E-state index contributed by atoms with van der Waals surface area (Å²) >= 11 is 1.54. The number of amides is 1. The molecule has 0 atom stereocenters. The average Bonchev–Trinajstić information content (AvgIpc) is 2.43. The van der Waals surface area contributed by atoms with E-state index in [1.54, 1.807) is 6.07 Å². The fraction of sp³-hybridized carbons (Fsp3) is 0.615. The van der Waals surface area contributed by atoms with Crippen molar-refractivity contribution in [2.45, 2.75) is 24.9 Å². The highest BCUT2D eigenvalue weighted by Gasteiger charge is 2.16. The van der Waals surface area contributed by atoms with Crippen LogP contribution >= 0.6 is 11.8 Å². The molecule has 1 aromatic heterocycles. The number of carbonyl (C=O) groups is 1. The van der Waals surface area contributed by atoms with Crippen molar-refractivity contribution in [3.8, 4) is 0 Å². The lowest BCUT2D eigenvalue weighted by atomic mass is 10.3. The zero-order valence-electron chi connectivity index (χ0n) is 11.7. The Bertz CT molecular complexity index is 443. The molecule has 0 aromatic carbocycles. The van der Waals surface area contributed by atoms with Crippen molar-refractivity contribution in [3.63, 3.8) is 0 Å². The number of nitrogens with zero attached hydrogens (tertiary/aromatic N) is 3. The van der Waals surface area contributed by atoms with Crippen LogP contribution < -0.4 is 5.73 Å². The minimum absolute atomic E-state index is 0.207. The molecule has 1 saturated heterocycles. The monoisotopic (exact) mass is 296 g/mol. The maximum absolute atomic E-state index is 11.9. The molecule has 2 rings (SSSR count). The summed E-state index contributed by atoms with van der Waals surface area (Å²) in [5, 5.41) is 0.682. The molecule has 2 N–H and O–H groups in total.